The molecule has 0 unspecified atom stereocenters. The van der Waals surface area contributed by atoms with Crippen molar-refractivity contribution in [3.8, 4) is 11.5 Å². The molecule has 1 N–H and O–H groups in total. The minimum atomic E-state index is 0.103. The van der Waals surface area contributed by atoms with E-state index in [-0.39, 0.29) is 5.91 Å². The lowest BCUT2D eigenvalue weighted by molar-refractivity contribution is -0.917. The first kappa shape index (κ1) is 17.3. The van der Waals surface area contributed by atoms with E-state index in [1.54, 1.807) is 14.2 Å². The van der Waals surface area contributed by atoms with Crippen LogP contribution in [0.15, 0.2) is 48.5 Å². The Balaban J connectivity index is 1.52. The lowest BCUT2D eigenvalue weighted by Crippen LogP contribution is -3.13. The van der Waals surface area contributed by atoms with Gasteiger partial charge in [0.2, 0.25) is 0 Å². The number of benzene rings is 2. The van der Waals surface area contributed by atoms with Crippen LogP contribution in [-0.4, -0.2) is 51.2 Å². The largest absolute Gasteiger partial charge is 0.497 e. The van der Waals surface area contributed by atoms with Gasteiger partial charge >= 0.3 is 0 Å². The Kier molecular flexibility index (Phi) is 5.56. The molecule has 1 amide bonds. The van der Waals surface area contributed by atoms with Crippen LogP contribution in [0.1, 0.15) is 15.9 Å². The van der Waals surface area contributed by atoms with Gasteiger partial charge in [0.15, 0.2) is 0 Å². The molecule has 1 fully saturated rings. The third kappa shape index (κ3) is 4.31. The maximum Gasteiger partial charge on any atom is 0.254 e. The van der Waals surface area contributed by atoms with E-state index in [4.69, 9.17) is 9.47 Å². The molecule has 5 nitrogen and oxygen atoms in total. The maximum atomic E-state index is 12.6. The molecule has 0 bridgehead atoms. The normalized spacial score (nSPS) is 15.0. The van der Waals surface area contributed by atoms with E-state index in [2.05, 4.69) is 12.1 Å². The highest BCUT2D eigenvalue weighted by atomic mass is 16.5. The predicted molar refractivity (Wildman–Crippen MR) is 96.3 cm³/mol. The fraction of sp³-hybridized carbons (Fsp3) is 0.350. The van der Waals surface area contributed by atoms with E-state index < -0.39 is 0 Å². The van der Waals surface area contributed by atoms with Crippen molar-refractivity contribution in [2.75, 3.05) is 40.4 Å². The van der Waals surface area contributed by atoms with Gasteiger partial charge < -0.3 is 19.3 Å². The van der Waals surface area contributed by atoms with Crippen LogP contribution >= 0.6 is 0 Å². The number of carbonyl (C=O) groups is 1. The summed E-state index contributed by atoms with van der Waals surface area (Å²) in [6.45, 7) is 4.49. The number of carbonyl (C=O) groups excluding carboxylic acids is 1. The molecule has 1 saturated heterocycles. The molecule has 0 atom stereocenters. The van der Waals surface area contributed by atoms with E-state index in [0.717, 1.165) is 49.8 Å². The maximum absolute atomic E-state index is 12.6. The van der Waals surface area contributed by atoms with E-state index in [0.29, 0.717) is 0 Å². The van der Waals surface area contributed by atoms with E-state index >= 15 is 0 Å². The summed E-state index contributed by atoms with van der Waals surface area (Å²) in [6.07, 6.45) is 0. The number of amides is 1. The second-order valence-corrected chi connectivity index (χ2v) is 6.30. The lowest BCUT2D eigenvalue weighted by atomic mass is 10.1. The molecule has 2 aromatic carbocycles. The molecule has 0 spiro atoms. The van der Waals surface area contributed by atoms with E-state index in [9.17, 15) is 4.79 Å². The van der Waals surface area contributed by atoms with Crippen molar-refractivity contribution in [1.29, 1.82) is 0 Å². The molecule has 1 aliphatic heterocycles. The first-order valence-corrected chi connectivity index (χ1v) is 8.59. The fourth-order valence-corrected chi connectivity index (χ4v) is 3.15. The molecule has 5 heteroatoms. The van der Waals surface area contributed by atoms with Crippen molar-refractivity contribution in [2.45, 2.75) is 6.54 Å². The van der Waals surface area contributed by atoms with Gasteiger partial charge in [-0.2, -0.15) is 0 Å². The number of ether oxygens (including phenoxy) is 2. The van der Waals surface area contributed by atoms with Gasteiger partial charge in [0.25, 0.3) is 5.91 Å². The van der Waals surface area contributed by atoms with Crippen molar-refractivity contribution in [1.82, 2.24) is 4.90 Å². The molecule has 1 aliphatic rings. The monoisotopic (exact) mass is 341 g/mol. The van der Waals surface area contributed by atoms with E-state index in [1.165, 1.54) is 10.5 Å². The molecule has 0 aliphatic carbocycles. The molecular weight excluding hydrogens is 316 g/mol. The van der Waals surface area contributed by atoms with Crippen molar-refractivity contribution in [2.24, 2.45) is 0 Å². The number of nitrogens with zero attached hydrogens (tertiary/aromatic N) is 1. The van der Waals surface area contributed by atoms with Gasteiger partial charge in [-0.3, -0.25) is 4.79 Å². The summed E-state index contributed by atoms with van der Waals surface area (Å²) < 4.78 is 10.3. The average molecular weight is 341 g/mol. The Morgan fingerprint density at radius 2 is 1.44 bits per heavy atom. The van der Waals surface area contributed by atoms with Gasteiger partial charge in [0.1, 0.15) is 18.0 Å². The minimum Gasteiger partial charge on any atom is -0.497 e. The first-order valence-electron chi connectivity index (χ1n) is 8.59. The SMILES string of the molecule is COc1ccc(C[NH+]2CCN(C(=O)c3ccc(OC)cc3)CC2)cc1. The van der Waals surface area contributed by atoms with Crippen LogP contribution in [-0.2, 0) is 6.54 Å². The van der Waals surface area contributed by atoms with Gasteiger partial charge in [-0.25, -0.2) is 0 Å². The van der Waals surface area contributed by atoms with E-state index in [1.807, 2.05) is 41.3 Å². The third-order valence-corrected chi connectivity index (χ3v) is 4.71. The standard InChI is InChI=1S/C20H24N2O3/c1-24-18-7-3-16(4-8-18)15-21-11-13-22(14-12-21)20(23)17-5-9-19(25-2)10-6-17/h3-10H,11-15H2,1-2H3/p+1. The Labute approximate surface area is 148 Å². The zero-order valence-corrected chi connectivity index (χ0v) is 14.8. The third-order valence-electron chi connectivity index (χ3n) is 4.71. The highest BCUT2D eigenvalue weighted by molar-refractivity contribution is 5.94. The van der Waals surface area contributed by atoms with Crippen LogP contribution in [0, 0.1) is 0 Å². The fourth-order valence-electron chi connectivity index (χ4n) is 3.15. The lowest BCUT2D eigenvalue weighted by Gasteiger charge is -2.32. The zero-order chi connectivity index (χ0) is 17.6. The number of piperazine rings is 1. The predicted octanol–water partition coefficient (Wildman–Crippen LogP) is 1.24. The summed E-state index contributed by atoms with van der Waals surface area (Å²) in [6, 6.07) is 15.5. The van der Waals surface area contributed by atoms with Gasteiger partial charge in [-0.15, -0.1) is 0 Å². The summed E-state index contributed by atoms with van der Waals surface area (Å²) in [5.41, 5.74) is 2.02. The van der Waals surface area contributed by atoms with Gasteiger partial charge in [-0.1, -0.05) is 0 Å². The number of hydrogen-bond acceptors (Lipinski definition) is 3. The van der Waals surface area contributed by atoms with Gasteiger partial charge in [-0.05, 0) is 48.5 Å². The Hall–Kier alpha value is -2.53. The molecule has 3 rings (SSSR count). The summed E-state index contributed by atoms with van der Waals surface area (Å²) >= 11 is 0. The highest BCUT2D eigenvalue weighted by Gasteiger charge is 2.24. The van der Waals surface area contributed by atoms with Gasteiger partial charge in [0, 0.05) is 11.1 Å². The first-order chi connectivity index (χ1) is 12.2. The van der Waals surface area contributed by atoms with Crippen LogP contribution in [0.25, 0.3) is 0 Å². The van der Waals surface area contributed by atoms with Crippen molar-refractivity contribution in [3.63, 3.8) is 0 Å². The summed E-state index contributed by atoms with van der Waals surface area (Å²) in [4.78, 5) is 16.0. The van der Waals surface area contributed by atoms with Gasteiger partial charge in [0.05, 0.1) is 40.4 Å². The minimum absolute atomic E-state index is 0.103. The zero-order valence-electron chi connectivity index (χ0n) is 14.8. The molecule has 2 aromatic rings. The molecule has 132 valence electrons. The number of rotatable bonds is 5. The second-order valence-electron chi connectivity index (χ2n) is 6.30. The highest BCUT2D eigenvalue weighted by Crippen LogP contribution is 2.13. The summed E-state index contributed by atoms with van der Waals surface area (Å²) in [7, 11) is 3.31. The van der Waals surface area contributed by atoms with Crippen LogP contribution < -0.4 is 14.4 Å². The molecule has 0 saturated carbocycles. The topological polar surface area (TPSA) is 43.2 Å². The van der Waals surface area contributed by atoms with Crippen molar-refractivity contribution >= 4 is 5.91 Å². The number of quaternary nitrogens is 1. The van der Waals surface area contributed by atoms with Crippen LogP contribution in [0.5, 0.6) is 11.5 Å². The Morgan fingerprint density at radius 1 is 0.920 bits per heavy atom. The number of hydrogen-bond donors (Lipinski definition) is 1. The Bertz CT molecular complexity index is 690. The van der Waals surface area contributed by atoms with Crippen molar-refractivity contribution in [3.05, 3.63) is 59.7 Å². The molecule has 0 aromatic heterocycles. The second kappa shape index (κ2) is 8.03. The Morgan fingerprint density at radius 3 is 1.96 bits per heavy atom. The van der Waals surface area contributed by atoms with Crippen LogP contribution in [0.2, 0.25) is 0 Å². The van der Waals surface area contributed by atoms with Crippen molar-refractivity contribution < 1.29 is 19.2 Å². The number of nitrogens with one attached hydrogen (secondary N) is 1. The summed E-state index contributed by atoms with van der Waals surface area (Å²) in [5.74, 6) is 1.75. The van der Waals surface area contributed by atoms with Crippen LogP contribution in [0.3, 0.4) is 0 Å². The molecular formula is C20H25N2O3+. The summed E-state index contributed by atoms with van der Waals surface area (Å²) in [5, 5.41) is 0. The molecule has 1 heterocycles. The smallest absolute Gasteiger partial charge is 0.254 e. The molecule has 0 radical (unpaired) electrons. The quantitative estimate of drug-likeness (QED) is 0.890. The molecule has 25 heavy (non-hydrogen) atoms. The average Bonchev–Trinajstić information content (AvgIpc) is 2.69. The number of methoxy groups -OCH3 is 2. The van der Waals surface area contributed by atoms with Crippen LogP contribution in [0.4, 0.5) is 0 Å².